The summed E-state index contributed by atoms with van der Waals surface area (Å²) in [7, 11) is 3.25. The predicted molar refractivity (Wildman–Crippen MR) is 154 cm³/mol. The number of aryl methyl sites for hydroxylation is 1. The molecule has 3 heterocycles. The zero-order chi connectivity index (χ0) is 27.6. The van der Waals surface area contributed by atoms with Gasteiger partial charge in [-0.3, -0.25) is 4.90 Å². The van der Waals surface area contributed by atoms with Crippen molar-refractivity contribution in [3.05, 3.63) is 87.8 Å². The molecule has 0 saturated carbocycles. The van der Waals surface area contributed by atoms with Gasteiger partial charge in [-0.15, -0.1) is 0 Å². The van der Waals surface area contributed by atoms with Crippen molar-refractivity contribution in [3.63, 3.8) is 0 Å². The summed E-state index contributed by atoms with van der Waals surface area (Å²) in [5.41, 5.74) is 4.04. The van der Waals surface area contributed by atoms with Crippen molar-refractivity contribution in [1.29, 1.82) is 0 Å². The maximum Gasteiger partial charge on any atom is 0.336 e. The summed E-state index contributed by atoms with van der Waals surface area (Å²) in [6.07, 6.45) is 0.792. The Bertz CT molecular complexity index is 1560. The molecule has 1 atom stereocenters. The number of nitrogens with zero attached hydrogens (tertiary/aromatic N) is 2. The Kier molecular flexibility index (Phi) is 7.26. The van der Waals surface area contributed by atoms with Gasteiger partial charge in [0.15, 0.2) is 11.5 Å². The minimum absolute atomic E-state index is 0.130. The van der Waals surface area contributed by atoms with Crippen LogP contribution >= 0.6 is 0 Å². The number of piperazine rings is 1. The highest BCUT2D eigenvalue weighted by molar-refractivity contribution is 5.92. The normalized spacial score (nSPS) is 15.8. The molecule has 1 aromatic heterocycles. The van der Waals surface area contributed by atoms with Crippen molar-refractivity contribution < 1.29 is 23.4 Å². The van der Waals surface area contributed by atoms with Crippen LogP contribution in [0, 0.1) is 6.92 Å². The molecule has 2 aliphatic heterocycles. The van der Waals surface area contributed by atoms with Crippen LogP contribution in [0.5, 0.6) is 23.0 Å². The number of methoxy groups -OCH3 is 2. The number of anilines is 1. The predicted octanol–water partition coefficient (Wildman–Crippen LogP) is 5.19. The third-order valence-corrected chi connectivity index (χ3v) is 7.99. The molecule has 0 spiro atoms. The maximum absolute atomic E-state index is 12.6. The fourth-order valence-corrected chi connectivity index (χ4v) is 5.93. The molecule has 8 heteroatoms. The molecule has 208 valence electrons. The molecule has 4 aromatic rings. The number of rotatable bonds is 8. The summed E-state index contributed by atoms with van der Waals surface area (Å²) >= 11 is 0. The molecule has 0 bridgehead atoms. The third-order valence-electron chi connectivity index (χ3n) is 7.99. The molecule has 0 N–H and O–H groups in total. The van der Waals surface area contributed by atoms with Gasteiger partial charge < -0.3 is 28.3 Å². The summed E-state index contributed by atoms with van der Waals surface area (Å²) in [4.78, 5) is 17.6. The standard InChI is InChI=1S/C32H34N2O6/c1-21-17-29(35)40-32-30(21)27(36-2)19-28(37-3)31(32)24(22-9-10-25-26(18-22)39-20-38-25)11-12-33-13-15-34(16-14-33)23-7-5-4-6-8-23/h4-10,17-19,24H,11-16,20H2,1-3H3/t24-/m1/s1. The third kappa shape index (κ3) is 4.95. The van der Waals surface area contributed by atoms with Gasteiger partial charge in [-0.2, -0.15) is 0 Å². The van der Waals surface area contributed by atoms with E-state index in [0.29, 0.717) is 22.8 Å². The monoisotopic (exact) mass is 542 g/mol. The first-order valence-corrected chi connectivity index (χ1v) is 13.7. The largest absolute Gasteiger partial charge is 0.496 e. The van der Waals surface area contributed by atoms with Gasteiger partial charge in [0, 0.05) is 55.5 Å². The lowest BCUT2D eigenvalue weighted by atomic mass is 9.85. The highest BCUT2D eigenvalue weighted by Crippen LogP contribution is 2.46. The Balaban J connectivity index is 1.37. The minimum atomic E-state index is -0.400. The molecule has 3 aromatic carbocycles. The number of hydrogen-bond acceptors (Lipinski definition) is 8. The van der Waals surface area contributed by atoms with E-state index in [1.165, 1.54) is 11.8 Å². The number of benzene rings is 3. The molecule has 0 aliphatic carbocycles. The van der Waals surface area contributed by atoms with E-state index in [0.717, 1.165) is 67.0 Å². The number of hydrogen-bond donors (Lipinski definition) is 0. The van der Waals surface area contributed by atoms with Crippen LogP contribution in [0.1, 0.15) is 29.0 Å². The topological polar surface area (TPSA) is 73.6 Å². The Morgan fingerprint density at radius 2 is 1.62 bits per heavy atom. The molecular weight excluding hydrogens is 508 g/mol. The Hall–Kier alpha value is -4.17. The Morgan fingerprint density at radius 1 is 0.875 bits per heavy atom. The first-order valence-electron chi connectivity index (χ1n) is 13.7. The molecule has 1 fully saturated rings. The summed E-state index contributed by atoms with van der Waals surface area (Å²) in [6.45, 7) is 6.87. The molecule has 2 aliphatic rings. The summed E-state index contributed by atoms with van der Waals surface area (Å²) < 4.78 is 28.8. The van der Waals surface area contributed by atoms with E-state index in [1.54, 1.807) is 14.2 Å². The van der Waals surface area contributed by atoms with Crippen molar-refractivity contribution in [3.8, 4) is 23.0 Å². The van der Waals surface area contributed by atoms with Crippen molar-refractivity contribution >= 4 is 16.7 Å². The molecule has 6 rings (SSSR count). The maximum atomic E-state index is 12.6. The Labute approximate surface area is 233 Å². The molecule has 40 heavy (non-hydrogen) atoms. The minimum Gasteiger partial charge on any atom is -0.496 e. The SMILES string of the molecule is COc1cc(OC)c2c(C)cc(=O)oc2c1[C@H](CCN1CCN(c2ccccc2)CC1)c1ccc2c(c1)OCO2. The lowest BCUT2D eigenvalue weighted by molar-refractivity contribution is 0.174. The fraction of sp³-hybridized carbons (Fsp3) is 0.344. The van der Waals surface area contributed by atoms with Crippen molar-refractivity contribution in [2.45, 2.75) is 19.3 Å². The Morgan fingerprint density at radius 3 is 2.38 bits per heavy atom. The smallest absolute Gasteiger partial charge is 0.336 e. The van der Waals surface area contributed by atoms with Crippen molar-refractivity contribution in [1.82, 2.24) is 4.90 Å². The fourth-order valence-electron chi connectivity index (χ4n) is 5.93. The molecule has 0 radical (unpaired) electrons. The van der Waals surface area contributed by atoms with Crippen LogP contribution in [-0.4, -0.2) is 58.6 Å². The number of para-hydroxylation sites is 1. The van der Waals surface area contributed by atoms with Crippen LogP contribution in [0.2, 0.25) is 0 Å². The van der Waals surface area contributed by atoms with Crippen LogP contribution in [0.4, 0.5) is 5.69 Å². The van der Waals surface area contributed by atoms with E-state index in [4.69, 9.17) is 23.4 Å². The molecule has 8 nitrogen and oxygen atoms in total. The average molecular weight is 543 g/mol. The van der Waals surface area contributed by atoms with Gasteiger partial charge in [0.25, 0.3) is 0 Å². The van der Waals surface area contributed by atoms with Gasteiger partial charge in [-0.1, -0.05) is 24.3 Å². The van der Waals surface area contributed by atoms with E-state index in [2.05, 4.69) is 46.2 Å². The van der Waals surface area contributed by atoms with Crippen LogP contribution in [0.3, 0.4) is 0 Å². The average Bonchev–Trinajstić information content (AvgIpc) is 3.46. The number of ether oxygens (including phenoxy) is 4. The van der Waals surface area contributed by atoms with Crippen LogP contribution in [-0.2, 0) is 0 Å². The zero-order valence-corrected chi connectivity index (χ0v) is 23.1. The van der Waals surface area contributed by atoms with Gasteiger partial charge in [-0.25, -0.2) is 4.79 Å². The van der Waals surface area contributed by atoms with Crippen LogP contribution in [0.15, 0.2) is 69.9 Å². The van der Waals surface area contributed by atoms with E-state index in [-0.39, 0.29) is 12.7 Å². The van der Waals surface area contributed by atoms with E-state index < -0.39 is 5.63 Å². The zero-order valence-electron chi connectivity index (χ0n) is 23.1. The summed E-state index contributed by atoms with van der Waals surface area (Å²) in [5.74, 6) is 2.55. The van der Waals surface area contributed by atoms with Gasteiger partial charge in [0.1, 0.15) is 17.1 Å². The van der Waals surface area contributed by atoms with Gasteiger partial charge in [-0.05, 0) is 55.3 Å². The molecule has 0 unspecified atom stereocenters. The first kappa shape index (κ1) is 26.1. The van der Waals surface area contributed by atoms with Crippen LogP contribution in [0.25, 0.3) is 11.0 Å². The second-order valence-corrected chi connectivity index (χ2v) is 10.3. The van der Waals surface area contributed by atoms with Gasteiger partial charge in [0.05, 0.1) is 19.6 Å². The lowest BCUT2D eigenvalue weighted by Gasteiger charge is -2.36. The second kappa shape index (κ2) is 11.1. The van der Waals surface area contributed by atoms with Crippen LogP contribution < -0.4 is 29.5 Å². The van der Waals surface area contributed by atoms with Gasteiger partial charge >= 0.3 is 5.63 Å². The van der Waals surface area contributed by atoms with Crippen molar-refractivity contribution in [2.24, 2.45) is 0 Å². The summed E-state index contributed by atoms with van der Waals surface area (Å²) in [6, 6.07) is 20.0. The highest BCUT2D eigenvalue weighted by Gasteiger charge is 2.29. The van der Waals surface area contributed by atoms with E-state index in [9.17, 15) is 4.79 Å². The second-order valence-electron chi connectivity index (χ2n) is 10.3. The van der Waals surface area contributed by atoms with Crippen molar-refractivity contribution in [2.75, 3.05) is 58.6 Å². The molecule has 0 amide bonds. The molecular formula is C32H34N2O6. The first-order chi connectivity index (χ1) is 19.6. The number of fused-ring (bicyclic) bond motifs is 2. The molecule has 1 saturated heterocycles. The quantitative estimate of drug-likeness (QED) is 0.282. The highest BCUT2D eigenvalue weighted by atomic mass is 16.7. The lowest BCUT2D eigenvalue weighted by Crippen LogP contribution is -2.46. The van der Waals surface area contributed by atoms with Gasteiger partial charge in [0.2, 0.25) is 6.79 Å². The van der Waals surface area contributed by atoms with E-state index >= 15 is 0 Å². The summed E-state index contributed by atoms with van der Waals surface area (Å²) in [5, 5.41) is 0.778. The van der Waals surface area contributed by atoms with E-state index in [1.807, 2.05) is 25.1 Å².